The zero-order valence-electron chi connectivity index (χ0n) is 8.98. The third-order valence-electron chi connectivity index (χ3n) is 2.61. The predicted molar refractivity (Wildman–Crippen MR) is 68.1 cm³/mol. The number of carbonyl (C=O) groups excluding carboxylic acids is 1. The average molecular weight is 234 g/mol. The maximum atomic E-state index is 11.4. The Hall–Kier alpha value is -1.54. The summed E-state index contributed by atoms with van der Waals surface area (Å²) in [7, 11) is 1.73. The number of halogens is 1. The number of hydrogen-bond acceptors (Lipinski definition) is 1. The van der Waals surface area contributed by atoms with E-state index in [4.69, 9.17) is 11.6 Å². The highest BCUT2D eigenvalue weighted by Crippen LogP contribution is 2.21. The van der Waals surface area contributed by atoms with E-state index in [9.17, 15) is 4.79 Å². The molecule has 16 heavy (non-hydrogen) atoms. The number of rotatable bonds is 2. The molecule has 2 aromatic carbocycles. The summed E-state index contributed by atoms with van der Waals surface area (Å²) in [6.07, 6.45) is 0. The van der Waals surface area contributed by atoms with Crippen molar-refractivity contribution in [3.63, 3.8) is 0 Å². The summed E-state index contributed by atoms with van der Waals surface area (Å²) >= 11 is 5.52. The standard InChI is InChI=1S/C13H12ClNO/c1-15(13(16)9-14)12-7-6-10-4-2-3-5-11(10)8-12/h2-8H,9H2,1H3. The van der Waals surface area contributed by atoms with Crippen molar-refractivity contribution < 1.29 is 4.79 Å². The Balaban J connectivity index is 2.43. The second-order valence-corrected chi connectivity index (χ2v) is 3.89. The molecule has 0 saturated heterocycles. The number of alkyl halides is 1. The van der Waals surface area contributed by atoms with Gasteiger partial charge in [-0.25, -0.2) is 0 Å². The van der Waals surface area contributed by atoms with Crippen LogP contribution in [0.2, 0.25) is 0 Å². The lowest BCUT2D eigenvalue weighted by Crippen LogP contribution is -2.27. The van der Waals surface area contributed by atoms with E-state index in [1.54, 1.807) is 11.9 Å². The zero-order chi connectivity index (χ0) is 11.5. The SMILES string of the molecule is CN(C(=O)CCl)c1ccc2ccccc2c1. The summed E-state index contributed by atoms with van der Waals surface area (Å²) in [5.41, 5.74) is 0.865. The first-order chi connectivity index (χ1) is 7.72. The maximum absolute atomic E-state index is 11.4. The molecule has 0 aliphatic carbocycles. The molecule has 2 rings (SSSR count). The molecule has 2 nitrogen and oxygen atoms in total. The Bertz CT molecular complexity index is 524. The lowest BCUT2D eigenvalue weighted by Gasteiger charge is -2.16. The van der Waals surface area contributed by atoms with Crippen LogP contribution in [-0.4, -0.2) is 18.8 Å². The van der Waals surface area contributed by atoms with Gasteiger partial charge in [0.2, 0.25) is 5.91 Å². The number of fused-ring (bicyclic) bond motifs is 1. The summed E-state index contributed by atoms with van der Waals surface area (Å²) in [4.78, 5) is 13.0. The molecule has 82 valence electrons. The molecular weight excluding hydrogens is 222 g/mol. The number of amides is 1. The summed E-state index contributed by atoms with van der Waals surface area (Å²) < 4.78 is 0. The Morgan fingerprint density at radius 1 is 1.19 bits per heavy atom. The van der Waals surface area contributed by atoms with Crippen molar-refractivity contribution in [1.29, 1.82) is 0 Å². The van der Waals surface area contributed by atoms with Crippen molar-refractivity contribution in [1.82, 2.24) is 0 Å². The smallest absolute Gasteiger partial charge is 0.241 e. The Morgan fingerprint density at radius 2 is 1.88 bits per heavy atom. The van der Waals surface area contributed by atoms with Crippen molar-refractivity contribution in [3.05, 3.63) is 42.5 Å². The fourth-order valence-corrected chi connectivity index (χ4v) is 1.80. The van der Waals surface area contributed by atoms with Crippen molar-refractivity contribution in [2.45, 2.75) is 0 Å². The normalized spacial score (nSPS) is 10.4. The minimum Gasteiger partial charge on any atom is -0.314 e. The number of benzene rings is 2. The Morgan fingerprint density at radius 3 is 2.56 bits per heavy atom. The van der Waals surface area contributed by atoms with Crippen LogP contribution in [0, 0.1) is 0 Å². The molecule has 1 amide bonds. The molecule has 0 N–H and O–H groups in total. The highest BCUT2D eigenvalue weighted by Gasteiger charge is 2.09. The van der Waals surface area contributed by atoms with E-state index in [0.717, 1.165) is 16.5 Å². The zero-order valence-corrected chi connectivity index (χ0v) is 9.74. The minimum atomic E-state index is -0.100. The molecule has 0 aliphatic rings. The lowest BCUT2D eigenvalue weighted by molar-refractivity contribution is -0.116. The quantitative estimate of drug-likeness (QED) is 0.731. The van der Waals surface area contributed by atoms with E-state index in [0.29, 0.717) is 0 Å². The third-order valence-corrected chi connectivity index (χ3v) is 2.84. The average Bonchev–Trinajstić information content (AvgIpc) is 2.36. The van der Waals surface area contributed by atoms with E-state index in [-0.39, 0.29) is 11.8 Å². The van der Waals surface area contributed by atoms with Gasteiger partial charge in [0.1, 0.15) is 5.88 Å². The van der Waals surface area contributed by atoms with Gasteiger partial charge in [-0.3, -0.25) is 4.79 Å². The van der Waals surface area contributed by atoms with E-state index >= 15 is 0 Å². The summed E-state index contributed by atoms with van der Waals surface area (Å²) in [5, 5.41) is 2.28. The topological polar surface area (TPSA) is 20.3 Å². The molecule has 0 fully saturated rings. The number of nitrogens with zero attached hydrogens (tertiary/aromatic N) is 1. The molecule has 0 atom stereocenters. The third kappa shape index (κ3) is 2.02. The van der Waals surface area contributed by atoms with Gasteiger partial charge in [-0.2, -0.15) is 0 Å². The van der Waals surface area contributed by atoms with Crippen molar-refractivity contribution in [2.24, 2.45) is 0 Å². The fraction of sp³-hybridized carbons (Fsp3) is 0.154. The van der Waals surface area contributed by atoms with Crippen molar-refractivity contribution in [2.75, 3.05) is 17.8 Å². The van der Waals surface area contributed by atoms with Crippen LogP contribution in [0.1, 0.15) is 0 Å². The maximum Gasteiger partial charge on any atom is 0.241 e. The van der Waals surface area contributed by atoms with Gasteiger partial charge in [-0.15, -0.1) is 11.6 Å². The Kier molecular flexibility index (Phi) is 3.11. The number of anilines is 1. The van der Waals surface area contributed by atoms with Crippen LogP contribution in [0.5, 0.6) is 0 Å². The van der Waals surface area contributed by atoms with E-state index in [1.807, 2.05) is 42.5 Å². The summed E-state index contributed by atoms with van der Waals surface area (Å²) in [5.74, 6) is -0.0967. The largest absolute Gasteiger partial charge is 0.314 e. The van der Waals surface area contributed by atoms with Crippen molar-refractivity contribution in [3.8, 4) is 0 Å². The van der Waals surface area contributed by atoms with Crippen LogP contribution in [0.3, 0.4) is 0 Å². The van der Waals surface area contributed by atoms with Crippen LogP contribution in [-0.2, 0) is 4.79 Å². The number of hydrogen-bond donors (Lipinski definition) is 0. The first kappa shape index (κ1) is 11.0. The van der Waals surface area contributed by atoms with Gasteiger partial charge in [-0.05, 0) is 22.9 Å². The van der Waals surface area contributed by atoms with E-state index < -0.39 is 0 Å². The Labute approximate surface area is 99.4 Å². The van der Waals surface area contributed by atoms with E-state index in [1.165, 1.54) is 0 Å². The molecule has 0 radical (unpaired) electrons. The van der Waals surface area contributed by atoms with Crippen LogP contribution in [0.15, 0.2) is 42.5 Å². The summed E-state index contributed by atoms with van der Waals surface area (Å²) in [6, 6.07) is 14.0. The van der Waals surface area contributed by atoms with Crippen LogP contribution < -0.4 is 4.90 Å². The van der Waals surface area contributed by atoms with Crippen LogP contribution in [0.4, 0.5) is 5.69 Å². The monoisotopic (exact) mass is 233 g/mol. The van der Waals surface area contributed by atoms with Gasteiger partial charge in [0.25, 0.3) is 0 Å². The molecule has 0 unspecified atom stereocenters. The molecule has 0 bridgehead atoms. The lowest BCUT2D eigenvalue weighted by atomic mass is 10.1. The van der Waals surface area contributed by atoms with Gasteiger partial charge in [0.15, 0.2) is 0 Å². The van der Waals surface area contributed by atoms with Gasteiger partial charge in [-0.1, -0.05) is 30.3 Å². The molecule has 3 heteroatoms. The molecule has 0 saturated carbocycles. The van der Waals surface area contributed by atoms with Gasteiger partial charge < -0.3 is 4.90 Å². The second kappa shape index (κ2) is 4.54. The fourth-order valence-electron chi connectivity index (χ4n) is 1.62. The van der Waals surface area contributed by atoms with Gasteiger partial charge >= 0.3 is 0 Å². The second-order valence-electron chi connectivity index (χ2n) is 3.62. The van der Waals surface area contributed by atoms with Crippen molar-refractivity contribution >= 4 is 34.0 Å². The molecule has 0 heterocycles. The molecule has 0 spiro atoms. The van der Waals surface area contributed by atoms with Crippen LogP contribution >= 0.6 is 11.6 Å². The van der Waals surface area contributed by atoms with Crippen LogP contribution in [0.25, 0.3) is 10.8 Å². The van der Waals surface area contributed by atoms with Gasteiger partial charge in [0, 0.05) is 12.7 Å². The first-order valence-corrected chi connectivity index (χ1v) is 5.57. The number of carbonyl (C=O) groups is 1. The first-order valence-electron chi connectivity index (χ1n) is 5.03. The van der Waals surface area contributed by atoms with E-state index in [2.05, 4.69) is 0 Å². The minimum absolute atomic E-state index is 0.00330. The highest BCUT2D eigenvalue weighted by molar-refractivity contribution is 6.29. The highest BCUT2D eigenvalue weighted by atomic mass is 35.5. The molecule has 2 aromatic rings. The predicted octanol–water partition coefficient (Wildman–Crippen LogP) is 3.04. The molecule has 0 aromatic heterocycles. The molecule has 0 aliphatic heterocycles. The summed E-state index contributed by atoms with van der Waals surface area (Å²) in [6.45, 7) is 0. The molecular formula is C13H12ClNO. The van der Waals surface area contributed by atoms with Gasteiger partial charge in [0.05, 0.1) is 0 Å².